The fourth-order valence-corrected chi connectivity index (χ4v) is 2.38. The summed E-state index contributed by atoms with van der Waals surface area (Å²) in [6.07, 6.45) is 8.83. The van der Waals surface area contributed by atoms with Gasteiger partial charge in [-0.25, -0.2) is 4.39 Å². The second kappa shape index (κ2) is 8.20. The second-order valence-corrected chi connectivity index (χ2v) is 4.89. The zero-order chi connectivity index (χ0) is 13.4. The Balaban J connectivity index is 2.68. The maximum absolute atomic E-state index is 13.7. The molecule has 0 saturated carbocycles. The van der Waals surface area contributed by atoms with Crippen molar-refractivity contribution in [2.24, 2.45) is 5.92 Å². The lowest BCUT2D eigenvalue weighted by molar-refractivity contribution is 0.358. The Morgan fingerprint density at radius 2 is 2.17 bits per heavy atom. The van der Waals surface area contributed by atoms with Gasteiger partial charge in [0.1, 0.15) is 5.82 Å². The van der Waals surface area contributed by atoms with Crippen LogP contribution in [0.3, 0.4) is 0 Å². The van der Waals surface area contributed by atoms with Crippen molar-refractivity contribution < 1.29 is 4.39 Å². The van der Waals surface area contributed by atoms with Gasteiger partial charge in [-0.05, 0) is 25.5 Å². The lowest BCUT2D eigenvalue weighted by Crippen LogP contribution is -2.21. The number of hydrogen-bond donors (Lipinski definition) is 1. The first-order valence-electron chi connectivity index (χ1n) is 6.99. The summed E-state index contributed by atoms with van der Waals surface area (Å²) in [5.74, 6) is 0.456. The van der Waals surface area contributed by atoms with E-state index in [0.717, 1.165) is 18.4 Å². The van der Waals surface area contributed by atoms with Gasteiger partial charge in [0.2, 0.25) is 0 Å². The van der Waals surface area contributed by atoms with E-state index in [0.29, 0.717) is 5.92 Å². The highest BCUT2D eigenvalue weighted by molar-refractivity contribution is 5.17. The molecule has 3 heteroatoms. The summed E-state index contributed by atoms with van der Waals surface area (Å²) in [5.41, 5.74) is 0.738. The van der Waals surface area contributed by atoms with Gasteiger partial charge < -0.3 is 5.32 Å². The van der Waals surface area contributed by atoms with Crippen molar-refractivity contribution in [1.82, 2.24) is 10.3 Å². The van der Waals surface area contributed by atoms with Crippen molar-refractivity contribution in [3.63, 3.8) is 0 Å². The third-order valence-corrected chi connectivity index (χ3v) is 3.64. The summed E-state index contributed by atoms with van der Waals surface area (Å²) in [5, 5.41) is 3.23. The number of rotatable bonds is 8. The quantitative estimate of drug-likeness (QED) is 0.754. The molecule has 102 valence electrons. The lowest BCUT2D eigenvalue weighted by atomic mass is 9.89. The standard InChI is InChI=1S/C15H25FN2/c1-4-6-7-12(5-2)10-15(17-3)13-8-9-18-11-14(13)16/h8-9,11-12,15,17H,4-7,10H2,1-3H3. The van der Waals surface area contributed by atoms with Crippen LogP contribution in [0, 0.1) is 11.7 Å². The average Bonchev–Trinajstić information content (AvgIpc) is 2.40. The van der Waals surface area contributed by atoms with E-state index in [1.807, 2.05) is 7.05 Å². The first-order chi connectivity index (χ1) is 8.72. The normalized spacial score (nSPS) is 14.4. The SMILES string of the molecule is CCCCC(CC)CC(NC)c1ccncc1F. The Bertz CT molecular complexity index is 341. The van der Waals surface area contributed by atoms with Crippen molar-refractivity contribution in [3.8, 4) is 0 Å². The molecule has 2 unspecified atom stereocenters. The number of aromatic nitrogens is 1. The first-order valence-corrected chi connectivity index (χ1v) is 6.99. The van der Waals surface area contributed by atoms with Gasteiger partial charge >= 0.3 is 0 Å². The summed E-state index contributed by atoms with van der Waals surface area (Å²) < 4.78 is 13.7. The molecule has 0 bridgehead atoms. The minimum atomic E-state index is -0.206. The number of halogens is 1. The van der Waals surface area contributed by atoms with Crippen LogP contribution in [-0.2, 0) is 0 Å². The Hall–Kier alpha value is -0.960. The summed E-state index contributed by atoms with van der Waals surface area (Å²) in [6, 6.07) is 1.87. The molecule has 0 aliphatic rings. The van der Waals surface area contributed by atoms with Crippen LogP contribution in [0.5, 0.6) is 0 Å². The van der Waals surface area contributed by atoms with Crippen molar-refractivity contribution in [3.05, 3.63) is 29.8 Å². The van der Waals surface area contributed by atoms with Gasteiger partial charge in [-0.2, -0.15) is 0 Å². The van der Waals surface area contributed by atoms with Crippen LogP contribution in [-0.4, -0.2) is 12.0 Å². The smallest absolute Gasteiger partial charge is 0.146 e. The van der Waals surface area contributed by atoms with Crippen molar-refractivity contribution in [1.29, 1.82) is 0 Å². The van der Waals surface area contributed by atoms with Gasteiger partial charge in [0, 0.05) is 17.8 Å². The highest BCUT2D eigenvalue weighted by Crippen LogP contribution is 2.27. The van der Waals surface area contributed by atoms with Crippen LogP contribution in [0.4, 0.5) is 4.39 Å². The Kier molecular flexibility index (Phi) is 6.88. The minimum Gasteiger partial charge on any atom is -0.313 e. The van der Waals surface area contributed by atoms with E-state index in [-0.39, 0.29) is 11.9 Å². The molecule has 0 radical (unpaired) electrons. The number of nitrogens with zero attached hydrogens (tertiary/aromatic N) is 1. The molecule has 18 heavy (non-hydrogen) atoms. The van der Waals surface area contributed by atoms with Gasteiger partial charge in [0.15, 0.2) is 0 Å². The molecule has 2 atom stereocenters. The predicted octanol–water partition coefficient (Wildman–Crippen LogP) is 4.09. The van der Waals surface area contributed by atoms with Gasteiger partial charge in [0.05, 0.1) is 6.20 Å². The highest BCUT2D eigenvalue weighted by Gasteiger charge is 2.18. The zero-order valence-electron chi connectivity index (χ0n) is 11.7. The monoisotopic (exact) mass is 252 g/mol. The maximum Gasteiger partial charge on any atom is 0.146 e. The third-order valence-electron chi connectivity index (χ3n) is 3.64. The molecule has 0 amide bonds. The average molecular weight is 252 g/mol. The number of nitrogens with one attached hydrogen (secondary N) is 1. The van der Waals surface area contributed by atoms with E-state index in [2.05, 4.69) is 24.1 Å². The number of pyridine rings is 1. The summed E-state index contributed by atoms with van der Waals surface area (Å²) >= 11 is 0. The predicted molar refractivity (Wildman–Crippen MR) is 73.9 cm³/mol. The largest absolute Gasteiger partial charge is 0.313 e. The number of unbranched alkanes of at least 4 members (excludes halogenated alkanes) is 1. The summed E-state index contributed by atoms with van der Waals surface area (Å²) in [7, 11) is 1.90. The van der Waals surface area contributed by atoms with Crippen molar-refractivity contribution >= 4 is 0 Å². The molecule has 0 aliphatic heterocycles. The molecule has 1 heterocycles. The Morgan fingerprint density at radius 3 is 2.72 bits per heavy atom. The topological polar surface area (TPSA) is 24.9 Å². The van der Waals surface area contributed by atoms with Crippen LogP contribution < -0.4 is 5.32 Å². The third kappa shape index (κ3) is 4.37. The fraction of sp³-hybridized carbons (Fsp3) is 0.667. The molecular formula is C15H25FN2. The van der Waals surface area contributed by atoms with Crippen molar-refractivity contribution in [2.75, 3.05) is 7.05 Å². The minimum absolute atomic E-state index is 0.0924. The Morgan fingerprint density at radius 1 is 1.39 bits per heavy atom. The highest BCUT2D eigenvalue weighted by atomic mass is 19.1. The van der Waals surface area contributed by atoms with E-state index >= 15 is 0 Å². The molecule has 0 spiro atoms. The molecule has 1 N–H and O–H groups in total. The molecule has 1 aromatic rings. The van der Waals surface area contributed by atoms with Crippen LogP contribution >= 0.6 is 0 Å². The molecule has 2 nitrogen and oxygen atoms in total. The molecule has 0 aliphatic carbocycles. The molecular weight excluding hydrogens is 227 g/mol. The van der Waals surface area contributed by atoms with E-state index in [9.17, 15) is 4.39 Å². The summed E-state index contributed by atoms with van der Waals surface area (Å²) in [6.45, 7) is 4.43. The van der Waals surface area contributed by atoms with Gasteiger partial charge in [-0.15, -0.1) is 0 Å². The van der Waals surface area contributed by atoms with E-state index < -0.39 is 0 Å². The molecule has 1 rings (SSSR count). The van der Waals surface area contributed by atoms with Gasteiger partial charge in [0.25, 0.3) is 0 Å². The van der Waals surface area contributed by atoms with E-state index in [1.165, 1.54) is 25.5 Å². The van der Waals surface area contributed by atoms with Crippen LogP contribution in [0.2, 0.25) is 0 Å². The van der Waals surface area contributed by atoms with E-state index in [4.69, 9.17) is 0 Å². The molecule has 1 aromatic heterocycles. The lowest BCUT2D eigenvalue weighted by Gasteiger charge is -2.23. The summed E-state index contributed by atoms with van der Waals surface area (Å²) in [4.78, 5) is 3.81. The van der Waals surface area contributed by atoms with Gasteiger partial charge in [-0.3, -0.25) is 4.98 Å². The zero-order valence-corrected chi connectivity index (χ0v) is 11.7. The van der Waals surface area contributed by atoms with Gasteiger partial charge in [-0.1, -0.05) is 39.5 Å². The molecule has 0 fully saturated rings. The van der Waals surface area contributed by atoms with E-state index in [1.54, 1.807) is 12.3 Å². The van der Waals surface area contributed by atoms with Crippen LogP contribution in [0.15, 0.2) is 18.5 Å². The molecule has 0 aromatic carbocycles. The Labute approximate surface area is 110 Å². The number of hydrogen-bond acceptors (Lipinski definition) is 2. The molecule has 0 saturated heterocycles. The maximum atomic E-state index is 13.7. The van der Waals surface area contributed by atoms with Crippen molar-refractivity contribution in [2.45, 2.75) is 52.0 Å². The van der Waals surface area contributed by atoms with Crippen LogP contribution in [0.25, 0.3) is 0 Å². The second-order valence-electron chi connectivity index (χ2n) is 4.89. The van der Waals surface area contributed by atoms with Crippen LogP contribution in [0.1, 0.15) is 57.6 Å². The first kappa shape index (κ1) is 15.1. The fourth-order valence-electron chi connectivity index (χ4n) is 2.38.